The molecule has 9 heteroatoms. The van der Waals surface area contributed by atoms with E-state index in [9.17, 15) is 0 Å². The van der Waals surface area contributed by atoms with Crippen molar-refractivity contribution in [2.75, 3.05) is 26.2 Å². The Bertz CT molecular complexity index is 101. The molecule has 0 saturated heterocycles. The molecule has 0 bridgehead atoms. The first-order valence-electron chi connectivity index (χ1n) is 4.87. The quantitative estimate of drug-likeness (QED) is 0.395. The lowest BCUT2D eigenvalue weighted by molar-refractivity contribution is -0.921. The summed E-state index contributed by atoms with van der Waals surface area (Å²) >= 11 is 0. The van der Waals surface area contributed by atoms with Crippen molar-refractivity contribution in [1.82, 2.24) is 0 Å². The lowest BCUT2D eigenvalue weighted by Gasteiger charge is -2.34. The molecule has 3 N–H and O–H groups in total. The van der Waals surface area contributed by atoms with Crippen molar-refractivity contribution >= 4 is 7.32 Å². The minimum atomic E-state index is -2.17. The van der Waals surface area contributed by atoms with Gasteiger partial charge in [0.05, 0.1) is 26.2 Å². The molecule has 0 atom stereocenters. The first kappa shape index (κ1) is 36.0. The van der Waals surface area contributed by atoms with Crippen LogP contribution in [0, 0.1) is 0 Å². The monoisotopic (exact) mass is 272 g/mol. The molecule has 0 rings (SSSR count). The van der Waals surface area contributed by atoms with Gasteiger partial charge in [0.15, 0.2) is 0 Å². The Hall–Kier alpha value is -0.375. The van der Waals surface area contributed by atoms with E-state index in [1.807, 2.05) is 0 Å². The van der Waals surface area contributed by atoms with Crippen LogP contribution in [0.4, 0.5) is 18.8 Å². The van der Waals surface area contributed by atoms with Crippen molar-refractivity contribution in [3.8, 4) is 0 Å². The Morgan fingerprint density at radius 1 is 0.647 bits per heavy atom. The summed E-state index contributed by atoms with van der Waals surface area (Å²) in [6.07, 6.45) is 0. The van der Waals surface area contributed by atoms with Gasteiger partial charge in [0.25, 0.3) is 0 Å². The molecule has 0 amide bonds. The van der Waals surface area contributed by atoms with Gasteiger partial charge < -0.3 is 19.6 Å². The maximum Gasteiger partial charge on any atom is 0.631 e. The summed E-state index contributed by atoms with van der Waals surface area (Å²) in [5.74, 6) is 0. The summed E-state index contributed by atoms with van der Waals surface area (Å²) in [5, 5.41) is 21.5. The highest BCUT2D eigenvalue weighted by Gasteiger charge is 2.16. The van der Waals surface area contributed by atoms with Crippen LogP contribution in [0.5, 0.6) is 0 Å². The average molecular weight is 272 g/mol. The van der Waals surface area contributed by atoms with Crippen LogP contribution < -0.4 is 0 Å². The minimum Gasteiger partial charge on any atom is -0.402 e. The Morgan fingerprint density at radius 2 is 0.765 bits per heavy atom. The fourth-order valence-electron chi connectivity index (χ4n) is 1.34. The lowest BCUT2D eigenvalue weighted by atomic mass is 10.3. The van der Waals surface area contributed by atoms with Crippen molar-refractivity contribution < 1.29 is 38.4 Å². The largest absolute Gasteiger partial charge is 0.631 e. The van der Waals surface area contributed by atoms with Gasteiger partial charge in [0.1, 0.15) is 0 Å². The molecule has 0 fully saturated rings. The minimum absolute atomic E-state index is 0. The highest BCUT2D eigenvalue weighted by Crippen LogP contribution is 2.03. The molecule has 0 aromatic carbocycles. The van der Waals surface area contributed by atoms with E-state index in [1.54, 1.807) is 0 Å². The van der Waals surface area contributed by atoms with E-state index in [-0.39, 0.29) is 18.8 Å². The van der Waals surface area contributed by atoms with Gasteiger partial charge >= 0.3 is 7.32 Å². The third kappa shape index (κ3) is 21.5. The number of hydrogen-bond acceptors (Lipinski definition) is 3. The van der Waals surface area contributed by atoms with Gasteiger partial charge in [-0.1, -0.05) is 0 Å². The Morgan fingerprint density at radius 3 is 0.765 bits per heavy atom. The van der Waals surface area contributed by atoms with Crippen molar-refractivity contribution in [2.45, 2.75) is 27.7 Å². The highest BCUT2D eigenvalue weighted by atomic mass is 19.0. The number of halogens is 4. The lowest BCUT2D eigenvalue weighted by Crippen LogP contribution is -2.47. The summed E-state index contributed by atoms with van der Waals surface area (Å²) in [7, 11) is -2.17. The topological polar surface area (TPSA) is 60.7 Å². The normalized spacial score (nSPS) is 7.94. The molecule has 0 aliphatic carbocycles. The number of nitrogens with zero attached hydrogens (tertiary/aromatic N) is 1. The SMILES string of the molecule is CC[N+](CC)(CC)CC.F.F.F.F.OB(O)O. The molecule has 0 aromatic heterocycles. The van der Waals surface area contributed by atoms with E-state index < -0.39 is 7.32 Å². The predicted molar refractivity (Wildman–Crippen MR) is 64.8 cm³/mol. The molecule has 0 unspecified atom stereocenters. The second kappa shape index (κ2) is 21.0. The molecule has 0 spiro atoms. The van der Waals surface area contributed by atoms with Gasteiger partial charge in [-0.2, -0.15) is 0 Å². The third-order valence-electron chi connectivity index (χ3n) is 2.68. The Balaban J connectivity index is -0.0000000338. The molecule has 0 aliphatic heterocycles. The van der Waals surface area contributed by atoms with Crippen LogP contribution in [0.3, 0.4) is 0 Å². The van der Waals surface area contributed by atoms with Gasteiger partial charge in [0.2, 0.25) is 0 Å². The molecule has 0 aromatic rings. The molecular formula is C8H27BF4NO3+. The van der Waals surface area contributed by atoms with Gasteiger partial charge in [0, 0.05) is 0 Å². The average Bonchev–Trinajstić information content (AvgIpc) is 2.09. The van der Waals surface area contributed by atoms with Crippen molar-refractivity contribution in [3.05, 3.63) is 0 Å². The molecule has 17 heavy (non-hydrogen) atoms. The zero-order valence-corrected chi connectivity index (χ0v) is 10.8. The van der Waals surface area contributed by atoms with Gasteiger partial charge in [-0.3, -0.25) is 18.8 Å². The number of rotatable bonds is 4. The fraction of sp³-hybridized carbons (Fsp3) is 1.00. The summed E-state index contributed by atoms with van der Waals surface area (Å²) < 4.78 is 1.28. The van der Waals surface area contributed by atoms with E-state index in [0.717, 1.165) is 0 Å². The first-order chi connectivity index (χ1) is 5.97. The molecule has 4 nitrogen and oxygen atoms in total. The van der Waals surface area contributed by atoms with E-state index in [4.69, 9.17) is 15.1 Å². The van der Waals surface area contributed by atoms with Crippen molar-refractivity contribution in [2.24, 2.45) is 0 Å². The zero-order valence-electron chi connectivity index (χ0n) is 10.8. The van der Waals surface area contributed by atoms with Crippen LogP contribution >= 0.6 is 0 Å². The van der Waals surface area contributed by atoms with Gasteiger partial charge in [-0.05, 0) is 27.7 Å². The van der Waals surface area contributed by atoms with Crippen LogP contribution in [0.1, 0.15) is 27.7 Å². The Kier molecular flexibility index (Phi) is 44.3. The summed E-state index contributed by atoms with van der Waals surface area (Å²) in [6.45, 7) is 14.2. The number of hydrogen-bond donors (Lipinski definition) is 3. The Labute approximate surface area is 100 Å². The second-order valence-electron chi connectivity index (χ2n) is 2.95. The van der Waals surface area contributed by atoms with Gasteiger partial charge in [-0.25, -0.2) is 0 Å². The molecular weight excluding hydrogens is 245 g/mol. The van der Waals surface area contributed by atoms with Crippen molar-refractivity contribution in [1.29, 1.82) is 0 Å². The van der Waals surface area contributed by atoms with Crippen LogP contribution in [0.15, 0.2) is 0 Å². The summed E-state index contributed by atoms with van der Waals surface area (Å²) in [6, 6.07) is 0. The van der Waals surface area contributed by atoms with E-state index in [1.165, 1.54) is 30.7 Å². The van der Waals surface area contributed by atoms with Gasteiger partial charge in [-0.15, -0.1) is 0 Å². The van der Waals surface area contributed by atoms with Crippen LogP contribution in [-0.2, 0) is 0 Å². The van der Waals surface area contributed by atoms with Crippen LogP contribution in [0.2, 0.25) is 0 Å². The van der Waals surface area contributed by atoms with Crippen LogP contribution in [-0.4, -0.2) is 53.1 Å². The maximum atomic E-state index is 7.17. The summed E-state index contributed by atoms with van der Waals surface area (Å²) in [4.78, 5) is 0. The molecule has 0 heterocycles. The first-order valence-corrected chi connectivity index (χ1v) is 4.87. The van der Waals surface area contributed by atoms with Crippen LogP contribution in [0.25, 0.3) is 0 Å². The second-order valence-corrected chi connectivity index (χ2v) is 2.95. The number of quaternary nitrogens is 1. The van der Waals surface area contributed by atoms with E-state index in [2.05, 4.69) is 27.7 Å². The molecule has 112 valence electrons. The maximum absolute atomic E-state index is 7.17. The zero-order chi connectivity index (χ0) is 10.9. The third-order valence-corrected chi connectivity index (χ3v) is 2.68. The highest BCUT2D eigenvalue weighted by molar-refractivity contribution is 6.30. The molecule has 0 aliphatic rings. The molecule has 0 saturated carbocycles. The fourth-order valence-corrected chi connectivity index (χ4v) is 1.34. The standard InChI is InChI=1S/C8H20N.BH3O3.4FH/c1-5-9(6-2,7-3)8-4;2-1(3)4;;;;/h5-8H2,1-4H3;2-4H;4*1H/q+1;;;;;. The summed E-state index contributed by atoms with van der Waals surface area (Å²) in [5.41, 5.74) is 0. The predicted octanol–water partition coefficient (Wildman–Crippen LogP) is 0.441. The van der Waals surface area contributed by atoms with Crippen molar-refractivity contribution in [3.63, 3.8) is 0 Å². The van der Waals surface area contributed by atoms with E-state index in [0.29, 0.717) is 0 Å². The smallest absolute Gasteiger partial charge is 0.402 e. The molecule has 0 radical (unpaired) electrons. The van der Waals surface area contributed by atoms with E-state index >= 15 is 0 Å².